The van der Waals surface area contributed by atoms with Gasteiger partial charge in [0.2, 0.25) is 0 Å². The van der Waals surface area contributed by atoms with E-state index < -0.39 is 0 Å². The number of aryl methyl sites for hydroxylation is 2. The summed E-state index contributed by atoms with van der Waals surface area (Å²) in [6, 6.07) is 12.6. The van der Waals surface area contributed by atoms with Crippen LogP contribution in [0.4, 0.5) is 0 Å². The Morgan fingerprint density at radius 1 is 1.17 bits per heavy atom. The first-order valence-electron chi connectivity index (χ1n) is 11.1. The molecule has 0 saturated heterocycles. The molecular weight excluding hydrogens is 603 g/mol. The van der Waals surface area contributed by atoms with Gasteiger partial charge >= 0.3 is 0 Å². The molecule has 0 fully saturated rings. The fourth-order valence-electron chi connectivity index (χ4n) is 4.07. The number of carbonyl (C=O) groups is 1. The highest BCUT2D eigenvalue weighted by molar-refractivity contribution is 9.10. The average molecular weight is 622 g/mol. The van der Waals surface area contributed by atoms with Gasteiger partial charge in [-0.15, -0.1) is 11.3 Å². The first-order valence-corrected chi connectivity index (χ1v) is 14.5. The first-order chi connectivity index (χ1) is 17.4. The van der Waals surface area contributed by atoms with E-state index in [-0.39, 0.29) is 17.2 Å². The lowest BCUT2D eigenvalue weighted by Crippen LogP contribution is -2.24. The van der Waals surface area contributed by atoms with Gasteiger partial charge in [0.05, 0.1) is 33.1 Å². The largest absolute Gasteiger partial charge is 0.272 e. The van der Waals surface area contributed by atoms with Crippen molar-refractivity contribution in [3.63, 3.8) is 0 Å². The predicted octanol–water partition coefficient (Wildman–Crippen LogP) is 6.64. The van der Waals surface area contributed by atoms with Crippen LogP contribution in [-0.4, -0.2) is 27.4 Å². The van der Waals surface area contributed by atoms with Gasteiger partial charge in [0.1, 0.15) is 4.83 Å². The highest BCUT2D eigenvalue weighted by Gasteiger charge is 2.23. The zero-order valence-corrected chi connectivity index (χ0v) is 23.5. The molecule has 4 aromatic rings. The van der Waals surface area contributed by atoms with Crippen LogP contribution in [-0.2, 0) is 17.6 Å². The summed E-state index contributed by atoms with van der Waals surface area (Å²) in [7, 11) is 0. The Morgan fingerprint density at radius 2 is 1.89 bits per heavy atom. The molecule has 6 nitrogen and oxygen atoms in total. The summed E-state index contributed by atoms with van der Waals surface area (Å²) in [6.07, 6.45) is 5.49. The first kappa shape index (κ1) is 25.5. The molecule has 2 heterocycles. The van der Waals surface area contributed by atoms with Crippen molar-refractivity contribution in [3.05, 3.63) is 83.3 Å². The molecule has 5 rings (SSSR count). The molecule has 2 aromatic heterocycles. The number of rotatable bonds is 6. The molecule has 11 heteroatoms. The number of nitrogens with zero attached hydrogens (tertiary/aromatic N) is 3. The van der Waals surface area contributed by atoms with Crippen LogP contribution in [0.15, 0.2) is 62.0 Å². The van der Waals surface area contributed by atoms with Crippen molar-refractivity contribution in [2.24, 2.45) is 5.10 Å². The van der Waals surface area contributed by atoms with E-state index in [1.54, 1.807) is 34.1 Å². The van der Waals surface area contributed by atoms with Gasteiger partial charge < -0.3 is 0 Å². The van der Waals surface area contributed by atoms with Crippen molar-refractivity contribution >= 4 is 84.6 Å². The molecule has 0 unspecified atom stereocenters. The third kappa shape index (κ3) is 5.26. The van der Waals surface area contributed by atoms with Crippen molar-refractivity contribution in [2.75, 3.05) is 5.75 Å². The molecule has 1 N–H and O–H groups in total. The average Bonchev–Trinajstić information content (AvgIpc) is 3.24. The quantitative estimate of drug-likeness (QED) is 0.113. The Kier molecular flexibility index (Phi) is 7.83. The number of nitrogens with one attached hydrogen (secondary N) is 1. The summed E-state index contributed by atoms with van der Waals surface area (Å²) in [5, 5.41) is 6.01. The summed E-state index contributed by atoms with van der Waals surface area (Å²) in [5.74, 6) is -0.325. The fourth-order valence-corrected chi connectivity index (χ4v) is 6.93. The maximum absolute atomic E-state index is 13.8. The number of hydrogen-bond donors (Lipinski definition) is 1. The second-order valence-electron chi connectivity index (χ2n) is 8.12. The van der Waals surface area contributed by atoms with E-state index in [2.05, 4.69) is 26.5 Å². The molecule has 1 aliphatic carbocycles. The highest BCUT2D eigenvalue weighted by atomic mass is 79.9. The second kappa shape index (κ2) is 11.1. The van der Waals surface area contributed by atoms with Crippen LogP contribution in [0.1, 0.15) is 28.8 Å². The molecule has 2 aromatic carbocycles. The van der Waals surface area contributed by atoms with Gasteiger partial charge in [-0.25, -0.2) is 10.4 Å². The number of hydrazone groups is 1. The zero-order chi connectivity index (χ0) is 25.2. The number of benzene rings is 2. The molecule has 184 valence electrons. The molecule has 0 saturated carbocycles. The molecule has 0 atom stereocenters. The summed E-state index contributed by atoms with van der Waals surface area (Å²) in [4.78, 5) is 33.1. The molecule has 0 spiro atoms. The Morgan fingerprint density at radius 3 is 2.64 bits per heavy atom. The predicted molar refractivity (Wildman–Crippen MR) is 152 cm³/mol. The minimum Gasteiger partial charge on any atom is -0.272 e. The van der Waals surface area contributed by atoms with E-state index in [1.807, 2.05) is 24.3 Å². The van der Waals surface area contributed by atoms with Gasteiger partial charge in [-0.2, -0.15) is 5.10 Å². The van der Waals surface area contributed by atoms with Crippen LogP contribution in [0.3, 0.4) is 0 Å². The maximum Gasteiger partial charge on any atom is 0.267 e. The topological polar surface area (TPSA) is 76.3 Å². The normalized spacial score (nSPS) is 13.3. The molecule has 0 bridgehead atoms. The zero-order valence-electron chi connectivity index (χ0n) is 18.8. The number of amides is 1. The number of thiophene rings is 1. The van der Waals surface area contributed by atoms with E-state index in [9.17, 15) is 9.59 Å². The molecule has 36 heavy (non-hydrogen) atoms. The smallest absolute Gasteiger partial charge is 0.267 e. The third-order valence-corrected chi connectivity index (χ3v) is 9.07. The van der Waals surface area contributed by atoms with E-state index >= 15 is 0 Å². The van der Waals surface area contributed by atoms with Gasteiger partial charge in [0.25, 0.3) is 11.5 Å². The van der Waals surface area contributed by atoms with Gasteiger partial charge in [0.15, 0.2) is 5.16 Å². The van der Waals surface area contributed by atoms with Gasteiger partial charge in [0, 0.05) is 14.9 Å². The van der Waals surface area contributed by atoms with Crippen molar-refractivity contribution in [2.45, 2.75) is 30.8 Å². The molecule has 0 radical (unpaired) electrons. The van der Waals surface area contributed by atoms with Crippen molar-refractivity contribution in [1.82, 2.24) is 15.0 Å². The SMILES string of the molecule is O=C(CSc1nc2sc3c(c2c(=O)n1-c1ccc(Br)cc1)CCCC3)NN=Cc1c(Cl)cccc1Cl. The van der Waals surface area contributed by atoms with Crippen LogP contribution >= 0.6 is 62.2 Å². The molecular formula is C25H19BrCl2N4O2S2. The lowest BCUT2D eigenvalue weighted by atomic mass is 9.97. The van der Waals surface area contributed by atoms with Crippen LogP contribution in [0.2, 0.25) is 10.0 Å². The van der Waals surface area contributed by atoms with Crippen LogP contribution in [0.5, 0.6) is 0 Å². The van der Waals surface area contributed by atoms with Gasteiger partial charge in [-0.1, -0.05) is 57.0 Å². The number of carbonyl (C=O) groups excluding carboxylic acids is 1. The van der Waals surface area contributed by atoms with E-state index in [4.69, 9.17) is 28.2 Å². The van der Waals surface area contributed by atoms with Crippen LogP contribution in [0, 0.1) is 0 Å². The lowest BCUT2D eigenvalue weighted by Gasteiger charge is -2.13. The summed E-state index contributed by atoms with van der Waals surface area (Å²) in [6.45, 7) is 0. The maximum atomic E-state index is 13.8. The summed E-state index contributed by atoms with van der Waals surface area (Å²) >= 11 is 18.5. The third-order valence-electron chi connectivity index (χ3n) is 5.76. The molecule has 1 aliphatic rings. The fraction of sp³-hybridized carbons (Fsp3) is 0.200. The van der Waals surface area contributed by atoms with Crippen LogP contribution < -0.4 is 11.0 Å². The molecule has 1 amide bonds. The molecule has 0 aliphatic heterocycles. The lowest BCUT2D eigenvalue weighted by molar-refractivity contribution is -0.118. The monoisotopic (exact) mass is 620 g/mol. The standard InChI is InChI=1S/C25H19BrCl2N4O2S2/c26-14-8-10-15(11-9-14)32-24(34)22-16-4-1-2-7-20(16)36-23(22)30-25(32)35-13-21(33)31-29-12-17-18(27)5-3-6-19(17)28/h3,5-6,8-12H,1-2,4,7,13H2,(H,31,33). The van der Waals surface area contributed by atoms with Crippen molar-refractivity contribution in [3.8, 4) is 5.69 Å². The van der Waals surface area contributed by atoms with Crippen LogP contribution in [0.25, 0.3) is 15.9 Å². The number of halogens is 3. The van der Waals surface area contributed by atoms with Crippen molar-refractivity contribution < 1.29 is 4.79 Å². The number of aromatic nitrogens is 2. The summed E-state index contributed by atoms with van der Waals surface area (Å²) < 4.78 is 2.51. The Hall–Kier alpha value is -2.17. The number of fused-ring (bicyclic) bond motifs is 3. The number of hydrogen-bond acceptors (Lipinski definition) is 6. The van der Waals surface area contributed by atoms with Gasteiger partial charge in [-0.3, -0.25) is 14.2 Å². The number of thioether (sulfide) groups is 1. The summed E-state index contributed by atoms with van der Waals surface area (Å²) in [5.41, 5.74) is 4.73. The minimum atomic E-state index is -0.346. The van der Waals surface area contributed by atoms with Gasteiger partial charge in [-0.05, 0) is 67.6 Å². The van der Waals surface area contributed by atoms with E-state index in [1.165, 1.54) is 22.9 Å². The Labute approximate surface area is 233 Å². The Balaban J connectivity index is 1.43. The minimum absolute atomic E-state index is 0.0210. The van der Waals surface area contributed by atoms with E-state index in [0.29, 0.717) is 31.8 Å². The van der Waals surface area contributed by atoms with E-state index in [0.717, 1.165) is 40.5 Å². The van der Waals surface area contributed by atoms with Crippen molar-refractivity contribution in [1.29, 1.82) is 0 Å². The highest BCUT2D eigenvalue weighted by Crippen LogP contribution is 2.35. The Bertz CT molecular complexity index is 1530. The second-order valence-corrected chi connectivity index (χ2v) is 11.9.